The van der Waals surface area contributed by atoms with E-state index in [-0.39, 0.29) is 11.8 Å². The third-order valence-corrected chi connectivity index (χ3v) is 6.34. The highest BCUT2D eigenvalue weighted by Crippen LogP contribution is 2.46. The number of anilines is 1. The fraction of sp³-hybridized carbons (Fsp3) is 0.292. The van der Waals surface area contributed by atoms with Crippen LogP contribution in [0.3, 0.4) is 0 Å². The fourth-order valence-electron chi connectivity index (χ4n) is 3.61. The van der Waals surface area contributed by atoms with Gasteiger partial charge in [0.05, 0.1) is 19.4 Å². The number of carbonyl (C=O) groups excluding carboxylic acids is 1. The van der Waals surface area contributed by atoms with Crippen molar-refractivity contribution in [1.29, 1.82) is 0 Å². The lowest BCUT2D eigenvalue weighted by atomic mass is 9.89. The lowest BCUT2D eigenvalue weighted by molar-refractivity contribution is -0.116. The molecule has 150 valence electrons. The first kappa shape index (κ1) is 19.5. The minimum Gasteiger partial charge on any atom is -0.497 e. The second-order valence-electron chi connectivity index (χ2n) is 7.19. The van der Waals surface area contributed by atoms with Crippen molar-refractivity contribution in [2.45, 2.75) is 32.1 Å². The molecule has 1 atom stereocenters. The van der Waals surface area contributed by atoms with Gasteiger partial charge in [-0.2, -0.15) is 0 Å². The number of amides is 1. The van der Waals surface area contributed by atoms with Gasteiger partial charge >= 0.3 is 0 Å². The first-order chi connectivity index (χ1) is 14.2. The van der Waals surface area contributed by atoms with Crippen molar-refractivity contribution in [1.82, 2.24) is 0 Å². The number of thiophene rings is 1. The van der Waals surface area contributed by atoms with Crippen molar-refractivity contribution >= 4 is 22.9 Å². The summed E-state index contributed by atoms with van der Waals surface area (Å²) in [6.07, 6.45) is 2.63. The van der Waals surface area contributed by atoms with Gasteiger partial charge in [0, 0.05) is 28.2 Å². The van der Waals surface area contributed by atoms with E-state index in [1.807, 2.05) is 36.4 Å². The molecule has 5 heteroatoms. The number of hydrogen-bond acceptors (Lipinski definition) is 4. The predicted molar refractivity (Wildman–Crippen MR) is 118 cm³/mol. The van der Waals surface area contributed by atoms with Crippen LogP contribution in [0.15, 0.2) is 53.9 Å². The second kappa shape index (κ2) is 8.70. The molecule has 0 saturated heterocycles. The van der Waals surface area contributed by atoms with E-state index in [1.54, 1.807) is 18.4 Å². The first-order valence-electron chi connectivity index (χ1n) is 9.98. The highest BCUT2D eigenvalue weighted by Gasteiger charge is 2.30. The van der Waals surface area contributed by atoms with E-state index in [0.29, 0.717) is 6.42 Å². The lowest BCUT2D eigenvalue weighted by Gasteiger charge is -2.24. The van der Waals surface area contributed by atoms with Gasteiger partial charge in [0.15, 0.2) is 0 Å². The molecule has 1 amide bonds. The number of fused-ring (bicyclic) bond motifs is 1. The molecule has 0 spiro atoms. The zero-order valence-electron chi connectivity index (χ0n) is 16.7. The maximum atomic E-state index is 12.5. The van der Waals surface area contributed by atoms with Crippen molar-refractivity contribution in [3.05, 3.63) is 64.4 Å². The van der Waals surface area contributed by atoms with Crippen LogP contribution in [0.2, 0.25) is 0 Å². The van der Waals surface area contributed by atoms with Gasteiger partial charge < -0.3 is 14.8 Å². The standard InChI is InChI=1S/C24H25NO3S/c1-3-4-13-28-19-11-7-16(8-12-19)20-14-22(26)25-23-21(15-29-24(20)23)17-5-9-18(27-2)10-6-17/h5-12,15,20H,3-4,13-14H2,1-2H3,(H,25,26)/t20-/m0/s1. The van der Waals surface area contributed by atoms with E-state index in [1.165, 1.54) is 4.88 Å². The lowest BCUT2D eigenvalue weighted by Crippen LogP contribution is -2.22. The zero-order valence-corrected chi connectivity index (χ0v) is 17.6. The molecule has 1 N–H and O–H groups in total. The Bertz CT molecular complexity index is 976. The highest BCUT2D eigenvalue weighted by atomic mass is 32.1. The van der Waals surface area contributed by atoms with Crippen LogP contribution in [-0.2, 0) is 4.79 Å². The molecular weight excluding hydrogens is 382 g/mol. The first-order valence-corrected chi connectivity index (χ1v) is 10.9. The van der Waals surface area contributed by atoms with Gasteiger partial charge in [0.25, 0.3) is 0 Å². The van der Waals surface area contributed by atoms with Crippen LogP contribution in [0.25, 0.3) is 11.1 Å². The largest absolute Gasteiger partial charge is 0.497 e. The maximum Gasteiger partial charge on any atom is 0.225 e. The molecule has 0 fully saturated rings. The molecule has 2 aromatic carbocycles. The summed E-state index contributed by atoms with van der Waals surface area (Å²) >= 11 is 1.71. The van der Waals surface area contributed by atoms with Gasteiger partial charge in [-0.05, 0) is 41.8 Å². The number of rotatable bonds is 7. The topological polar surface area (TPSA) is 47.6 Å². The van der Waals surface area contributed by atoms with Gasteiger partial charge in [-0.1, -0.05) is 37.6 Å². The van der Waals surface area contributed by atoms with E-state index in [4.69, 9.17) is 9.47 Å². The predicted octanol–water partition coefficient (Wildman–Crippen LogP) is 6.08. The van der Waals surface area contributed by atoms with Gasteiger partial charge in [0.1, 0.15) is 11.5 Å². The van der Waals surface area contributed by atoms with Crippen molar-refractivity contribution in [2.24, 2.45) is 0 Å². The Morgan fingerprint density at radius 2 is 1.79 bits per heavy atom. The van der Waals surface area contributed by atoms with Gasteiger partial charge in [0.2, 0.25) is 5.91 Å². The van der Waals surface area contributed by atoms with Crippen molar-refractivity contribution in [3.63, 3.8) is 0 Å². The Morgan fingerprint density at radius 1 is 1.07 bits per heavy atom. The summed E-state index contributed by atoms with van der Waals surface area (Å²) < 4.78 is 11.0. The monoisotopic (exact) mass is 407 g/mol. The van der Waals surface area contributed by atoms with Gasteiger partial charge in [-0.15, -0.1) is 11.3 Å². The van der Waals surface area contributed by atoms with Crippen LogP contribution >= 0.6 is 11.3 Å². The van der Waals surface area contributed by atoms with Crippen LogP contribution < -0.4 is 14.8 Å². The molecular formula is C24H25NO3S. The summed E-state index contributed by atoms with van der Waals surface area (Å²) in [5.41, 5.74) is 4.21. The number of ether oxygens (including phenoxy) is 2. The van der Waals surface area contributed by atoms with Crippen molar-refractivity contribution in [2.75, 3.05) is 19.0 Å². The molecule has 0 bridgehead atoms. The molecule has 1 aliphatic heterocycles. The quantitative estimate of drug-likeness (QED) is 0.483. The maximum absolute atomic E-state index is 12.5. The van der Waals surface area contributed by atoms with Crippen LogP contribution in [0.1, 0.15) is 42.5 Å². The summed E-state index contributed by atoms with van der Waals surface area (Å²) in [5.74, 6) is 1.83. The Labute approximate surface area is 175 Å². The SMILES string of the molecule is CCCCOc1ccc([C@@H]2CC(=O)Nc3c(-c4ccc(OC)cc4)csc32)cc1. The van der Waals surface area contributed by atoms with E-state index in [0.717, 1.165) is 53.3 Å². The average Bonchev–Trinajstić information content (AvgIpc) is 3.17. The van der Waals surface area contributed by atoms with Crippen molar-refractivity contribution in [3.8, 4) is 22.6 Å². The summed E-state index contributed by atoms with van der Waals surface area (Å²) in [5, 5.41) is 5.23. The molecule has 4 rings (SSSR count). The number of methoxy groups -OCH3 is 1. The molecule has 0 aliphatic carbocycles. The Kier molecular flexibility index (Phi) is 5.86. The fourth-order valence-corrected chi connectivity index (χ4v) is 4.77. The normalized spacial score (nSPS) is 15.5. The summed E-state index contributed by atoms with van der Waals surface area (Å²) in [7, 11) is 1.66. The number of hydrogen-bond donors (Lipinski definition) is 1. The third-order valence-electron chi connectivity index (χ3n) is 5.24. The van der Waals surface area contributed by atoms with E-state index in [9.17, 15) is 4.79 Å². The zero-order chi connectivity index (χ0) is 20.2. The Balaban J connectivity index is 1.61. The molecule has 0 radical (unpaired) electrons. The van der Waals surface area contributed by atoms with Crippen LogP contribution in [0.4, 0.5) is 5.69 Å². The minimum atomic E-state index is 0.0546. The van der Waals surface area contributed by atoms with Gasteiger partial charge in [-0.3, -0.25) is 4.79 Å². The molecule has 1 aliphatic rings. The van der Waals surface area contributed by atoms with E-state index < -0.39 is 0 Å². The van der Waals surface area contributed by atoms with Crippen LogP contribution in [-0.4, -0.2) is 19.6 Å². The molecule has 0 unspecified atom stereocenters. The summed E-state index contributed by atoms with van der Waals surface area (Å²) in [6.45, 7) is 2.89. The molecule has 29 heavy (non-hydrogen) atoms. The molecule has 0 saturated carbocycles. The molecule has 3 aromatic rings. The minimum absolute atomic E-state index is 0.0546. The Hall–Kier alpha value is -2.79. The van der Waals surface area contributed by atoms with Gasteiger partial charge in [-0.25, -0.2) is 0 Å². The molecule has 2 heterocycles. The van der Waals surface area contributed by atoms with Crippen LogP contribution in [0, 0.1) is 0 Å². The number of nitrogens with one attached hydrogen (secondary N) is 1. The highest BCUT2D eigenvalue weighted by molar-refractivity contribution is 7.11. The molecule has 1 aromatic heterocycles. The average molecular weight is 408 g/mol. The van der Waals surface area contributed by atoms with Crippen molar-refractivity contribution < 1.29 is 14.3 Å². The number of benzene rings is 2. The summed E-state index contributed by atoms with van der Waals surface area (Å²) in [4.78, 5) is 13.7. The number of carbonyl (C=O) groups is 1. The van der Waals surface area contributed by atoms with Crippen LogP contribution in [0.5, 0.6) is 11.5 Å². The number of unbranched alkanes of at least 4 members (excludes halogenated alkanes) is 1. The summed E-state index contributed by atoms with van der Waals surface area (Å²) in [6, 6.07) is 16.1. The van der Waals surface area contributed by atoms with E-state index >= 15 is 0 Å². The van der Waals surface area contributed by atoms with E-state index in [2.05, 4.69) is 29.8 Å². The smallest absolute Gasteiger partial charge is 0.225 e. The second-order valence-corrected chi connectivity index (χ2v) is 8.10. The Morgan fingerprint density at radius 3 is 2.48 bits per heavy atom. The third kappa shape index (κ3) is 4.15. The molecule has 4 nitrogen and oxygen atoms in total.